The Kier molecular flexibility index (Phi) is 6.82. The lowest BCUT2D eigenvalue weighted by Crippen LogP contribution is -2.48. The molecule has 0 aliphatic carbocycles. The Morgan fingerprint density at radius 3 is 2.80 bits per heavy atom. The van der Waals surface area contributed by atoms with Gasteiger partial charge in [-0.3, -0.25) is 9.59 Å². The van der Waals surface area contributed by atoms with Crippen LogP contribution in [0.25, 0.3) is 0 Å². The number of hydrogen-bond acceptors (Lipinski definition) is 4. The van der Waals surface area contributed by atoms with E-state index in [0.717, 1.165) is 17.9 Å². The minimum atomic E-state index is -0.249. The van der Waals surface area contributed by atoms with Crippen LogP contribution in [0.15, 0.2) is 24.3 Å². The summed E-state index contributed by atoms with van der Waals surface area (Å²) in [5, 5.41) is 3.02. The van der Waals surface area contributed by atoms with E-state index < -0.39 is 0 Å². The van der Waals surface area contributed by atoms with Crippen LogP contribution in [0.2, 0.25) is 0 Å². The maximum Gasteiger partial charge on any atom is 0.225 e. The highest BCUT2D eigenvalue weighted by atomic mass is 16.5. The molecule has 1 aliphatic rings. The smallest absolute Gasteiger partial charge is 0.225 e. The minimum absolute atomic E-state index is 0.0145. The molecule has 1 saturated heterocycles. The third-order valence-electron chi connectivity index (χ3n) is 4.68. The molecular weight excluding hydrogens is 318 g/mol. The van der Waals surface area contributed by atoms with Gasteiger partial charge in [-0.2, -0.15) is 0 Å². The lowest BCUT2D eigenvalue weighted by Gasteiger charge is -2.40. The minimum Gasteiger partial charge on any atom is -0.497 e. The Hall–Kier alpha value is -2.08. The molecule has 2 atom stereocenters. The van der Waals surface area contributed by atoms with Crippen molar-refractivity contribution >= 4 is 11.8 Å². The van der Waals surface area contributed by atoms with Crippen LogP contribution in [0.4, 0.5) is 0 Å². The lowest BCUT2D eigenvalue weighted by molar-refractivity contribution is -0.143. The van der Waals surface area contributed by atoms with Crippen molar-refractivity contribution in [2.75, 3.05) is 40.8 Å². The summed E-state index contributed by atoms with van der Waals surface area (Å²) in [5.41, 5.74) is 0.946. The van der Waals surface area contributed by atoms with Crippen LogP contribution in [-0.4, -0.2) is 62.5 Å². The van der Waals surface area contributed by atoms with E-state index in [-0.39, 0.29) is 23.8 Å². The lowest BCUT2D eigenvalue weighted by atomic mass is 9.83. The van der Waals surface area contributed by atoms with Crippen molar-refractivity contribution in [2.24, 2.45) is 5.92 Å². The number of nitrogens with one attached hydrogen (secondary N) is 1. The van der Waals surface area contributed by atoms with Gasteiger partial charge in [0.25, 0.3) is 0 Å². The molecule has 0 radical (unpaired) electrons. The maximum absolute atomic E-state index is 12.8. The first kappa shape index (κ1) is 19.2. The van der Waals surface area contributed by atoms with Gasteiger partial charge in [0.2, 0.25) is 11.8 Å². The van der Waals surface area contributed by atoms with Crippen LogP contribution in [-0.2, 0) is 9.59 Å². The van der Waals surface area contributed by atoms with Crippen molar-refractivity contribution < 1.29 is 14.3 Å². The number of ether oxygens (including phenoxy) is 1. The van der Waals surface area contributed by atoms with E-state index in [4.69, 9.17) is 4.74 Å². The average Bonchev–Trinajstić information content (AvgIpc) is 2.60. The highest BCUT2D eigenvalue weighted by Crippen LogP contribution is 2.37. The fourth-order valence-corrected chi connectivity index (χ4v) is 3.37. The third kappa shape index (κ3) is 4.72. The molecule has 0 aromatic heterocycles. The van der Waals surface area contributed by atoms with E-state index in [1.54, 1.807) is 7.11 Å². The van der Waals surface area contributed by atoms with Crippen molar-refractivity contribution in [3.05, 3.63) is 29.8 Å². The third-order valence-corrected chi connectivity index (χ3v) is 4.68. The van der Waals surface area contributed by atoms with Crippen molar-refractivity contribution in [3.8, 4) is 5.75 Å². The average molecular weight is 347 g/mol. The number of rotatable bonds is 7. The number of nitrogens with zero attached hydrogens (tertiary/aromatic N) is 2. The van der Waals surface area contributed by atoms with Crippen LogP contribution < -0.4 is 10.1 Å². The van der Waals surface area contributed by atoms with Gasteiger partial charge in [0.15, 0.2) is 0 Å². The van der Waals surface area contributed by atoms with Crippen LogP contribution >= 0.6 is 0 Å². The second kappa shape index (κ2) is 8.85. The predicted octanol–water partition coefficient (Wildman–Crippen LogP) is 1.67. The summed E-state index contributed by atoms with van der Waals surface area (Å²) in [5.74, 6) is 0.610. The van der Waals surface area contributed by atoms with E-state index in [2.05, 4.69) is 5.32 Å². The molecule has 1 fully saturated rings. The van der Waals surface area contributed by atoms with E-state index in [0.29, 0.717) is 25.9 Å². The van der Waals surface area contributed by atoms with Crippen LogP contribution in [0.1, 0.15) is 31.4 Å². The molecular formula is C19H29N3O3. The first-order valence-corrected chi connectivity index (χ1v) is 8.83. The van der Waals surface area contributed by atoms with E-state index >= 15 is 0 Å². The number of amides is 2. The predicted molar refractivity (Wildman–Crippen MR) is 97.4 cm³/mol. The number of carbonyl (C=O) groups is 2. The van der Waals surface area contributed by atoms with Crippen molar-refractivity contribution in [1.82, 2.24) is 15.1 Å². The number of carbonyl (C=O) groups excluding carboxylic acids is 2. The number of benzene rings is 1. The van der Waals surface area contributed by atoms with Gasteiger partial charge in [0, 0.05) is 26.1 Å². The van der Waals surface area contributed by atoms with Gasteiger partial charge in [-0.05, 0) is 45.1 Å². The molecule has 6 heteroatoms. The van der Waals surface area contributed by atoms with E-state index in [1.807, 2.05) is 55.1 Å². The van der Waals surface area contributed by atoms with Crippen molar-refractivity contribution in [2.45, 2.75) is 25.8 Å². The zero-order chi connectivity index (χ0) is 18.4. The number of likely N-dealkylation sites (tertiary alicyclic amines) is 1. The SMILES string of the molecule is CCN1C(=O)CC[C@@H](C(=O)NCCN(C)C)[C@@H]1c1cccc(OC)c1. The molecule has 2 rings (SSSR count). The fraction of sp³-hybridized carbons (Fsp3) is 0.579. The first-order chi connectivity index (χ1) is 12.0. The van der Waals surface area contributed by atoms with E-state index in [9.17, 15) is 9.59 Å². The molecule has 0 bridgehead atoms. The number of likely N-dealkylation sites (N-methyl/N-ethyl adjacent to an activating group) is 1. The Bertz CT molecular complexity index is 603. The number of piperidine rings is 1. The molecule has 1 aromatic carbocycles. The first-order valence-electron chi connectivity index (χ1n) is 8.83. The fourth-order valence-electron chi connectivity index (χ4n) is 3.37. The summed E-state index contributed by atoms with van der Waals surface area (Å²) in [6.45, 7) is 3.94. The second-order valence-electron chi connectivity index (χ2n) is 6.64. The molecule has 1 aliphatic heterocycles. The molecule has 1 aromatic rings. The highest BCUT2D eigenvalue weighted by molar-refractivity contribution is 5.85. The molecule has 6 nitrogen and oxygen atoms in total. The molecule has 0 saturated carbocycles. The number of hydrogen-bond donors (Lipinski definition) is 1. The molecule has 138 valence electrons. The Morgan fingerprint density at radius 2 is 2.16 bits per heavy atom. The largest absolute Gasteiger partial charge is 0.497 e. The summed E-state index contributed by atoms with van der Waals surface area (Å²) in [7, 11) is 5.57. The van der Waals surface area contributed by atoms with E-state index in [1.165, 1.54) is 0 Å². The summed E-state index contributed by atoms with van der Waals surface area (Å²) in [6.07, 6.45) is 0.991. The van der Waals surface area contributed by atoms with Gasteiger partial charge >= 0.3 is 0 Å². The molecule has 2 amide bonds. The van der Waals surface area contributed by atoms with Gasteiger partial charge in [0.1, 0.15) is 5.75 Å². The van der Waals surface area contributed by atoms with Gasteiger partial charge in [0.05, 0.1) is 19.1 Å². The molecule has 25 heavy (non-hydrogen) atoms. The zero-order valence-corrected chi connectivity index (χ0v) is 15.6. The maximum atomic E-state index is 12.8. The summed E-state index contributed by atoms with van der Waals surface area (Å²) >= 11 is 0. The topological polar surface area (TPSA) is 61.9 Å². The van der Waals surface area contributed by atoms with Crippen molar-refractivity contribution in [3.63, 3.8) is 0 Å². The summed E-state index contributed by atoms with van der Waals surface area (Å²) in [4.78, 5) is 29.0. The zero-order valence-electron chi connectivity index (χ0n) is 15.6. The van der Waals surface area contributed by atoms with Crippen LogP contribution in [0.5, 0.6) is 5.75 Å². The Labute approximate surface area is 150 Å². The van der Waals surface area contributed by atoms with Gasteiger partial charge in [-0.1, -0.05) is 12.1 Å². The Balaban J connectivity index is 2.25. The van der Waals surface area contributed by atoms with Gasteiger partial charge < -0.3 is 19.9 Å². The summed E-state index contributed by atoms with van der Waals surface area (Å²) < 4.78 is 5.32. The molecule has 0 unspecified atom stereocenters. The summed E-state index contributed by atoms with van der Waals surface area (Å²) in [6, 6.07) is 7.42. The normalized spacial score (nSPS) is 20.7. The molecule has 0 spiro atoms. The second-order valence-corrected chi connectivity index (χ2v) is 6.64. The van der Waals surface area contributed by atoms with Gasteiger partial charge in [-0.15, -0.1) is 0 Å². The van der Waals surface area contributed by atoms with Crippen LogP contribution in [0.3, 0.4) is 0 Å². The van der Waals surface area contributed by atoms with Gasteiger partial charge in [-0.25, -0.2) is 0 Å². The van der Waals surface area contributed by atoms with Crippen LogP contribution in [0, 0.1) is 5.92 Å². The molecule has 1 N–H and O–H groups in total. The van der Waals surface area contributed by atoms with Crippen molar-refractivity contribution in [1.29, 1.82) is 0 Å². The number of methoxy groups -OCH3 is 1. The monoisotopic (exact) mass is 347 g/mol. The highest BCUT2D eigenvalue weighted by Gasteiger charge is 2.39. The standard InChI is InChI=1S/C19H29N3O3/c1-5-22-17(23)10-9-16(19(24)20-11-12-21(2)3)18(22)14-7-6-8-15(13-14)25-4/h6-8,13,16,18H,5,9-12H2,1-4H3,(H,20,24)/t16-,18+/m1/s1. The quantitative estimate of drug-likeness (QED) is 0.815. The molecule has 1 heterocycles. The Morgan fingerprint density at radius 1 is 1.40 bits per heavy atom.